The summed E-state index contributed by atoms with van der Waals surface area (Å²) in [5.74, 6) is 2.36. The van der Waals surface area contributed by atoms with Crippen molar-refractivity contribution in [3.8, 4) is 0 Å². The first-order valence-corrected chi connectivity index (χ1v) is 6.21. The molecule has 0 unspecified atom stereocenters. The zero-order chi connectivity index (χ0) is 10.3. The number of hydrogen-bond donors (Lipinski definition) is 0. The van der Waals surface area contributed by atoms with Crippen LogP contribution in [0.2, 0.25) is 0 Å². The standard InChI is InChI=1S/C12H19NO2/c14-12(13-3-5-15-6-4-13)11-8-9-1-2-10(11)7-9/h9-11H,1-8H2/t9-,10-,11-/m1/s1. The molecule has 3 atom stereocenters. The Kier molecular flexibility index (Phi) is 2.43. The summed E-state index contributed by atoms with van der Waals surface area (Å²) in [5.41, 5.74) is 0. The van der Waals surface area contributed by atoms with Gasteiger partial charge in [-0.05, 0) is 31.1 Å². The summed E-state index contributed by atoms with van der Waals surface area (Å²) >= 11 is 0. The second-order valence-corrected chi connectivity index (χ2v) is 5.22. The summed E-state index contributed by atoms with van der Waals surface area (Å²) in [6, 6.07) is 0. The summed E-state index contributed by atoms with van der Waals surface area (Å²) in [7, 11) is 0. The van der Waals surface area contributed by atoms with Gasteiger partial charge in [0.1, 0.15) is 0 Å². The van der Waals surface area contributed by atoms with Crippen LogP contribution >= 0.6 is 0 Å². The molecular formula is C12H19NO2. The van der Waals surface area contributed by atoms with Crippen LogP contribution in [0.3, 0.4) is 0 Å². The molecule has 0 spiro atoms. The molecule has 0 radical (unpaired) electrons. The van der Waals surface area contributed by atoms with E-state index >= 15 is 0 Å². The van der Waals surface area contributed by atoms with Crippen molar-refractivity contribution in [1.82, 2.24) is 4.90 Å². The molecule has 2 bridgehead atoms. The monoisotopic (exact) mass is 209 g/mol. The Balaban J connectivity index is 1.64. The van der Waals surface area contributed by atoms with E-state index in [1.807, 2.05) is 4.90 Å². The number of carbonyl (C=O) groups excluding carboxylic acids is 1. The number of carbonyl (C=O) groups is 1. The Morgan fingerprint density at radius 1 is 1.13 bits per heavy atom. The van der Waals surface area contributed by atoms with E-state index in [-0.39, 0.29) is 0 Å². The molecular weight excluding hydrogens is 190 g/mol. The van der Waals surface area contributed by atoms with Crippen molar-refractivity contribution in [3.63, 3.8) is 0 Å². The maximum atomic E-state index is 12.3. The number of hydrogen-bond acceptors (Lipinski definition) is 2. The van der Waals surface area contributed by atoms with E-state index in [1.54, 1.807) is 0 Å². The predicted octanol–water partition coefficient (Wildman–Crippen LogP) is 1.28. The molecule has 2 saturated carbocycles. The first-order chi connectivity index (χ1) is 7.34. The Bertz CT molecular complexity index is 260. The summed E-state index contributed by atoms with van der Waals surface area (Å²) in [5, 5.41) is 0. The van der Waals surface area contributed by atoms with Gasteiger partial charge < -0.3 is 9.64 Å². The van der Waals surface area contributed by atoms with Crippen LogP contribution in [-0.4, -0.2) is 37.1 Å². The minimum atomic E-state index is 0.363. The number of rotatable bonds is 1. The van der Waals surface area contributed by atoms with Crippen LogP contribution in [0.15, 0.2) is 0 Å². The van der Waals surface area contributed by atoms with Crippen molar-refractivity contribution in [1.29, 1.82) is 0 Å². The van der Waals surface area contributed by atoms with Gasteiger partial charge in [-0.15, -0.1) is 0 Å². The summed E-state index contributed by atoms with van der Waals surface area (Å²) in [6.07, 6.45) is 5.16. The van der Waals surface area contributed by atoms with E-state index in [0.717, 1.165) is 32.2 Å². The molecule has 1 amide bonds. The van der Waals surface area contributed by atoms with Crippen molar-refractivity contribution < 1.29 is 9.53 Å². The van der Waals surface area contributed by atoms with Gasteiger partial charge in [0.2, 0.25) is 5.91 Å². The molecule has 84 valence electrons. The highest BCUT2D eigenvalue weighted by Gasteiger charge is 2.44. The number of amides is 1. The summed E-state index contributed by atoms with van der Waals surface area (Å²) in [6.45, 7) is 3.08. The lowest BCUT2D eigenvalue weighted by atomic mass is 9.87. The molecule has 2 aliphatic carbocycles. The smallest absolute Gasteiger partial charge is 0.226 e. The quantitative estimate of drug-likeness (QED) is 0.651. The van der Waals surface area contributed by atoms with Crippen LogP contribution in [-0.2, 0) is 9.53 Å². The fourth-order valence-electron chi connectivity index (χ4n) is 3.57. The minimum Gasteiger partial charge on any atom is -0.378 e. The lowest BCUT2D eigenvalue weighted by Crippen LogP contribution is -2.44. The van der Waals surface area contributed by atoms with Crippen molar-refractivity contribution in [2.45, 2.75) is 25.7 Å². The van der Waals surface area contributed by atoms with Crippen LogP contribution in [0, 0.1) is 17.8 Å². The number of ether oxygens (including phenoxy) is 1. The SMILES string of the molecule is O=C([C@@H]1C[C@@H]2CC[C@@H]1C2)N1CCOCC1. The maximum absolute atomic E-state index is 12.3. The number of nitrogens with zero attached hydrogens (tertiary/aromatic N) is 1. The Labute approximate surface area is 90.8 Å². The zero-order valence-corrected chi connectivity index (χ0v) is 9.15. The third-order valence-corrected chi connectivity index (χ3v) is 4.38. The Morgan fingerprint density at radius 2 is 1.93 bits per heavy atom. The van der Waals surface area contributed by atoms with Crippen LogP contribution in [0.25, 0.3) is 0 Å². The van der Waals surface area contributed by atoms with Crippen LogP contribution in [0.5, 0.6) is 0 Å². The molecule has 0 aromatic carbocycles. The first kappa shape index (κ1) is 9.64. The fraction of sp³-hybridized carbons (Fsp3) is 0.917. The van der Waals surface area contributed by atoms with E-state index in [1.165, 1.54) is 25.7 Å². The lowest BCUT2D eigenvalue weighted by Gasteiger charge is -2.32. The lowest BCUT2D eigenvalue weighted by molar-refractivity contribution is -0.141. The second-order valence-electron chi connectivity index (χ2n) is 5.22. The van der Waals surface area contributed by atoms with E-state index < -0.39 is 0 Å². The molecule has 0 aromatic rings. The molecule has 1 heterocycles. The van der Waals surface area contributed by atoms with Gasteiger partial charge in [-0.2, -0.15) is 0 Å². The molecule has 3 aliphatic rings. The van der Waals surface area contributed by atoms with Crippen molar-refractivity contribution in [2.75, 3.05) is 26.3 Å². The van der Waals surface area contributed by atoms with Crippen molar-refractivity contribution >= 4 is 5.91 Å². The molecule has 3 nitrogen and oxygen atoms in total. The van der Waals surface area contributed by atoms with Crippen LogP contribution in [0.1, 0.15) is 25.7 Å². The van der Waals surface area contributed by atoms with Crippen LogP contribution < -0.4 is 0 Å². The highest BCUT2D eigenvalue weighted by molar-refractivity contribution is 5.79. The molecule has 1 saturated heterocycles. The molecule has 15 heavy (non-hydrogen) atoms. The van der Waals surface area contributed by atoms with Gasteiger partial charge in [0, 0.05) is 19.0 Å². The average Bonchev–Trinajstić information content (AvgIpc) is 2.91. The molecule has 3 fully saturated rings. The topological polar surface area (TPSA) is 29.5 Å². The van der Waals surface area contributed by atoms with E-state index in [4.69, 9.17) is 4.74 Å². The normalized spacial score (nSPS) is 39.7. The third-order valence-electron chi connectivity index (χ3n) is 4.38. The summed E-state index contributed by atoms with van der Waals surface area (Å²) < 4.78 is 5.28. The second kappa shape index (κ2) is 3.78. The van der Waals surface area contributed by atoms with E-state index in [9.17, 15) is 4.79 Å². The van der Waals surface area contributed by atoms with Gasteiger partial charge in [0.25, 0.3) is 0 Å². The van der Waals surface area contributed by atoms with E-state index in [0.29, 0.717) is 17.7 Å². The van der Waals surface area contributed by atoms with Gasteiger partial charge in [0.05, 0.1) is 13.2 Å². The predicted molar refractivity (Wildman–Crippen MR) is 56.3 cm³/mol. The van der Waals surface area contributed by atoms with Gasteiger partial charge in [-0.3, -0.25) is 4.79 Å². The molecule has 3 heteroatoms. The fourth-order valence-corrected chi connectivity index (χ4v) is 3.57. The summed E-state index contributed by atoms with van der Waals surface area (Å²) in [4.78, 5) is 14.3. The van der Waals surface area contributed by atoms with Crippen molar-refractivity contribution in [3.05, 3.63) is 0 Å². The van der Waals surface area contributed by atoms with Gasteiger partial charge in [-0.1, -0.05) is 6.42 Å². The third kappa shape index (κ3) is 1.67. The minimum absolute atomic E-state index is 0.363. The average molecular weight is 209 g/mol. The molecule has 0 N–H and O–H groups in total. The molecule has 3 rings (SSSR count). The Hall–Kier alpha value is -0.570. The highest BCUT2D eigenvalue weighted by atomic mass is 16.5. The maximum Gasteiger partial charge on any atom is 0.226 e. The number of fused-ring (bicyclic) bond motifs is 2. The zero-order valence-electron chi connectivity index (χ0n) is 9.15. The first-order valence-electron chi connectivity index (χ1n) is 6.21. The van der Waals surface area contributed by atoms with Gasteiger partial charge >= 0.3 is 0 Å². The Morgan fingerprint density at radius 3 is 2.53 bits per heavy atom. The largest absolute Gasteiger partial charge is 0.378 e. The van der Waals surface area contributed by atoms with Gasteiger partial charge in [-0.25, -0.2) is 0 Å². The van der Waals surface area contributed by atoms with Crippen molar-refractivity contribution in [2.24, 2.45) is 17.8 Å². The number of morpholine rings is 1. The molecule has 0 aromatic heterocycles. The van der Waals surface area contributed by atoms with Crippen LogP contribution in [0.4, 0.5) is 0 Å². The molecule has 1 aliphatic heterocycles. The highest BCUT2D eigenvalue weighted by Crippen LogP contribution is 2.48. The van der Waals surface area contributed by atoms with E-state index in [2.05, 4.69) is 0 Å². The van der Waals surface area contributed by atoms with Gasteiger partial charge in [0.15, 0.2) is 0 Å².